The summed E-state index contributed by atoms with van der Waals surface area (Å²) in [6.07, 6.45) is -0.237. The average molecular weight is 602 g/mol. The van der Waals surface area contributed by atoms with Crippen LogP contribution in [-0.2, 0) is 23.5 Å². The van der Waals surface area contributed by atoms with Crippen LogP contribution in [0.2, 0.25) is 0 Å². The van der Waals surface area contributed by atoms with Gasteiger partial charge in [-0.25, -0.2) is 17.2 Å². The number of nitrogens with zero attached hydrogens (tertiary/aromatic N) is 1. The zero-order chi connectivity index (χ0) is 25.2. The van der Waals surface area contributed by atoms with Crippen molar-refractivity contribution < 1.29 is 22.0 Å². The number of nitrogens with two attached hydrogens (primary N) is 1. The summed E-state index contributed by atoms with van der Waals surface area (Å²) in [4.78, 5) is 25.2. The molecule has 4 N–H and O–H groups in total. The van der Waals surface area contributed by atoms with Gasteiger partial charge in [-0.1, -0.05) is 12.1 Å². The molecule has 0 fully saturated rings. The Morgan fingerprint density at radius 2 is 1.82 bits per heavy atom. The number of primary amides is 1. The molecule has 0 atom stereocenters. The SMILES string of the molecule is CCS(=O)(=O)Nc1cccc(Cc2cc(C(N)=O)c(Nc3ccc(I)cc3F)n(C)c2=O)c1F. The number of pyridine rings is 1. The van der Waals surface area contributed by atoms with Crippen molar-refractivity contribution in [2.45, 2.75) is 13.3 Å². The van der Waals surface area contributed by atoms with E-state index in [2.05, 4.69) is 10.0 Å². The second kappa shape index (κ2) is 10.1. The predicted molar refractivity (Wildman–Crippen MR) is 135 cm³/mol. The molecule has 3 aromatic rings. The van der Waals surface area contributed by atoms with Crippen LogP contribution in [0.1, 0.15) is 28.4 Å². The minimum atomic E-state index is -3.72. The molecular weight excluding hydrogens is 581 g/mol. The van der Waals surface area contributed by atoms with Crippen molar-refractivity contribution >= 4 is 55.7 Å². The van der Waals surface area contributed by atoms with E-state index in [4.69, 9.17) is 5.73 Å². The number of anilines is 3. The van der Waals surface area contributed by atoms with Crippen LogP contribution in [-0.4, -0.2) is 24.6 Å². The molecule has 34 heavy (non-hydrogen) atoms. The molecule has 1 heterocycles. The number of halogens is 3. The number of rotatable bonds is 8. The van der Waals surface area contributed by atoms with Gasteiger partial charge in [-0.15, -0.1) is 0 Å². The average Bonchev–Trinajstić information content (AvgIpc) is 2.77. The summed E-state index contributed by atoms with van der Waals surface area (Å²) in [6, 6.07) is 9.71. The van der Waals surface area contributed by atoms with Gasteiger partial charge in [-0.2, -0.15) is 0 Å². The lowest BCUT2D eigenvalue weighted by atomic mass is 10.0. The van der Waals surface area contributed by atoms with E-state index in [9.17, 15) is 26.8 Å². The van der Waals surface area contributed by atoms with Crippen LogP contribution in [0.15, 0.2) is 47.3 Å². The van der Waals surface area contributed by atoms with Crippen molar-refractivity contribution in [3.8, 4) is 0 Å². The standard InChI is InChI=1S/C22H21F2IN4O4S/c1-3-34(32,33)28-18-6-4-5-12(19(18)24)9-13-10-15(20(26)30)21(29(2)22(13)31)27-17-8-7-14(25)11-16(17)23/h4-8,10-11,27-28H,3,9H2,1-2H3,(H2,26,30). The summed E-state index contributed by atoms with van der Waals surface area (Å²) in [6.45, 7) is 1.41. The van der Waals surface area contributed by atoms with Crippen LogP contribution in [0.4, 0.5) is 26.0 Å². The first-order chi connectivity index (χ1) is 15.9. The zero-order valence-corrected chi connectivity index (χ0v) is 21.1. The lowest BCUT2D eigenvalue weighted by Crippen LogP contribution is -2.28. The molecule has 0 bridgehead atoms. The topological polar surface area (TPSA) is 123 Å². The number of carbonyl (C=O) groups excluding carboxylic acids is 1. The minimum absolute atomic E-state index is 0.0220. The number of carbonyl (C=O) groups is 1. The van der Waals surface area contributed by atoms with E-state index in [-0.39, 0.29) is 46.1 Å². The minimum Gasteiger partial charge on any atom is -0.365 e. The monoisotopic (exact) mass is 602 g/mol. The van der Waals surface area contributed by atoms with Crippen molar-refractivity contribution in [3.63, 3.8) is 0 Å². The van der Waals surface area contributed by atoms with E-state index in [1.807, 2.05) is 22.6 Å². The maximum atomic E-state index is 15.0. The molecule has 3 rings (SSSR count). The van der Waals surface area contributed by atoms with Crippen LogP contribution >= 0.6 is 22.6 Å². The molecule has 1 amide bonds. The van der Waals surface area contributed by atoms with Crippen molar-refractivity contribution in [3.05, 3.63) is 84.7 Å². The number of hydrogen-bond donors (Lipinski definition) is 3. The quantitative estimate of drug-likeness (QED) is 0.341. The second-order valence-corrected chi connectivity index (χ2v) is 10.6. The Balaban J connectivity index is 2.05. The molecular formula is C22H21F2IN4O4S. The fraction of sp³-hybridized carbons (Fsp3) is 0.182. The molecule has 0 aliphatic carbocycles. The first kappa shape index (κ1) is 25.6. The Labute approximate surface area is 208 Å². The number of sulfonamides is 1. The van der Waals surface area contributed by atoms with Crippen LogP contribution in [0.3, 0.4) is 0 Å². The van der Waals surface area contributed by atoms with Gasteiger partial charge in [0.1, 0.15) is 11.6 Å². The number of aromatic nitrogens is 1. The van der Waals surface area contributed by atoms with Gasteiger partial charge in [0.25, 0.3) is 11.5 Å². The summed E-state index contributed by atoms with van der Waals surface area (Å²) < 4.78 is 56.9. The van der Waals surface area contributed by atoms with Crippen molar-refractivity contribution in [2.24, 2.45) is 12.8 Å². The molecule has 12 heteroatoms. The predicted octanol–water partition coefficient (Wildman–Crippen LogP) is 3.46. The third-order valence-corrected chi connectivity index (χ3v) is 7.01. The second-order valence-electron chi connectivity index (χ2n) is 7.37. The summed E-state index contributed by atoms with van der Waals surface area (Å²) >= 11 is 1.95. The number of benzene rings is 2. The Hall–Kier alpha value is -3.00. The largest absolute Gasteiger partial charge is 0.365 e. The van der Waals surface area contributed by atoms with Crippen molar-refractivity contribution in [1.82, 2.24) is 4.57 Å². The van der Waals surface area contributed by atoms with Gasteiger partial charge in [0, 0.05) is 22.6 Å². The summed E-state index contributed by atoms with van der Waals surface area (Å²) in [5.74, 6) is -2.58. The third-order valence-electron chi connectivity index (χ3n) is 5.04. The van der Waals surface area contributed by atoms with Gasteiger partial charge < -0.3 is 11.1 Å². The Morgan fingerprint density at radius 3 is 2.44 bits per heavy atom. The molecule has 0 saturated heterocycles. The molecule has 0 unspecified atom stereocenters. The Kier molecular flexibility index (Phi) is 7.60. The van der Waals surface area contributed by atoms with E-state index in [1.54, 1.807) is 6.07 Å². The van der Waals surface area contributed by atoms with E-state index in [0.717, 1.165) is 4.57 Å². The van der Waals surface area contributed by atoms with E-state index < -0.39 is 33.1 Å². The van der Waals surface area contributed by atoms with E-state index >= 15 is 0 Å². The van der Waals surface area contributed by atoms with Crippen LogP contribution < -0.4 is 21.3 Å². The van der Waals surface area contributed by atoms with E-state index in [1.165, 1.54) is 50.4 Å². The molecule has 0 radical (unpaired) electrons. The normalized spacial score (nSPS) is 11.3. The van der Waals surface area contributed by atoms with Crippen molar-refractivity contribution in [1.29, 1.82) is 0 Å². The van der Waals surface area contributed by atoms with Gasteiger partial charge >= 0.3 is 0 Å². The highest BCUT2D eigenvalue weighted by Gasteiger charge is 2.20. The fourth-order valence-electron chi connectivity index (χ4n) is 3.23. The highest BCUT2D eigenvalue weighted by Crippen LogP contribution is 2.26. The zero-order valence-electron chi connectivity index (χ0n) is 18.2. The van der Waals surface area contributed by atoms with Gasteiger partial charge in [-0.05, 0) is 65.4 Å². The third kappa shape index (κ3) is 5.55. The molecule has 180 valence electrons. The van der Waals surface area contributed by atoms with Gasteiger partial charge in [-0.3, -0.25) is 18.9 Å². The summed E-state index contributed by atoms with van der Waals surface area (Å²) in [7, 11) is -2.35. The number of amides is 1. The van der Waals surface area contributed by atoms with Crippen molar-refractivity contribution in [2.75, 3.05) is 15.8 Å². The highest BCUT2D eigenvalue weighted by atomic mass is 127. The maximum Gasteiger partial charge on any atom is 0.255 e. The first-order valence-electron chi connectivity index (χ1n) is 9.96. The fourth-order valence-corrected chi connectivity index (χ4v) is 4.32. The van der Waals surface area contributed by atoms with Gasteiger partial charge in [0.05, 0.1) is 22.7 Å². The van der Waals surface area contributed by atoms with Crippen LogP contribution in [0.25, 0.3) is 0 Å². The van der Waals surface area contributed by atoms with Gasteiger partial charge in [0.15, 0.2) is 5.82 Å². The van der Waals surface area contributed by atoms with Gasteiger partial charge in [0.2, 0.25) is 10.0 Å². The lowest BCUT2D eigenvalue weighted by molar-refractivity contribution is 0.100. The lowest BCUT2D eigenvalue weighted by Gasteiger charge is -2.17. The van der Waals surface area contributed by atoms with E-state index in [0.29, 0.717) is 3.57 Å². The van der Waals surface area contributed by atoms with Crippen LogP contribution in [0.5, 0.6) is 0 Å². The molecule has 1 aromatic heterocycles. The summed E-state index contributed by atoms with van der Waals surface area (Å²) in [5, 5.41) is 2.74. The molecule has 2 aromatic carbocycles. The maximum absolute atomic E-state index is 15.0. The molecule has 0 saturated carbocycles. The molecule has 0 spiro atoms. The Morgan fingerprint density at radius 1 is 1.12 bits per heavy atom. The molecule has 8 nitrogen and oxygen atoms in total. The first-order valence-corrected chi connectivity index (χ1v) is 12.7. The molecule has 0 aliphatic heterocycles. The number of hydrogen-bond acceptors (Lipinski definition) is 5. The molecule has 0 aliphatic rings. The number of nitrogens with one attached hydrogen (secondary N) is 2. The van der Waals surface area contributed by atoms with Crippen LogP contribution in [0, 0.1) is 15.2 Å². The highest BCUT2D eigenvalue weighted by molar-refractivity contribution is 14.1. The smallest absolute Gasteiger partial charge is 0.255 e. The summed E-state index contributed by atoms with van der Waals surface area (Å²) in [5.41, 5.74) is 4.70. The Bertz CT molecular complexity index is 1440.